The van der Waals surface area contributed by atoms with E-state index in [9.17, 15) is 4.79 Å². The molecule has 0 heterocycles. The fourth-order valence-electron chi connectivity index (χ4n) is 2.46. The minimum atomic E-state index is -0.0948. The van der Waals surface area contributed by atoms with E-state index in [4.69, 9.17) is 21.1 Å². The Kier molecular flexibility index (Phi) is 7.10. The third-order valence-electron chi connectivity index (χ3n) is 3.50. The highest BCUT2D eigenvalue weighted by molar-refractivity contribution is 6.30. The van der Waals surface area contributed by atoms with Gasteiger partial charge in [-0.1, -0.05) is 23.7 Å². The number of carbonyl (C=O) groups is 1. The zero-order valence-electron chi connectivity index (χ0n) is 14.7. The van der Waals surface area contributed by atoms with Crippen molar-refractivity contribution in [1.82, 2.24) is 4.90 Å². The van der Waals surface area contributed by atoms with Crippen LogP contribution >= 0.6 is 11.6 Å². The molecule has 0 aliphatic rings. The standard InChI is InChI=1S/C19H23ClN2O3/c1-4-25-17-9-8-14(10-18(17)24-3)12-22(2)13-19(23)21-16-7-5-6-15(20)11-16/h5-11H,4,12-13H2,1-3H3,(H,21,23). The molecular weight excluding hydrogens is 340 g/mol. The molecule has 0 unspecified atom stereocenters. The topological polar surface area (TPSA) is 50.8 Å². The molecule has 0 spiro atoms. The summed E-state index contributed by atoms with van der Waals surface area (Å²) >= 11 is 5.92. The Bertz CT molecular complexity index is 722. The van der Waals surface area contributed by atoms with Gasteiger partial charge in [-0.05, 0) is 49.9 Å². The van der Waals surface area contributed by atoms with Crippen LogP contribution in [0.2, 0.25) is 5.02 Å². The number of benzene rings is 2. The van der Waals surface area contributed by atoms with Crippen LogP contribution < -0.4 is 14.8 Å². The second-order valence-electron chi connectivity index (χ2n) is 5.65. The van der Waals surface area contributed by atoms with Crippen LogP contribution in [0.3, 0.4) is 0 Å². The predicted molar refractivity (Wildman–Crippen MR) is 101 cm³/mol. The number of ether oxygens (including phenoxy) is 2. The van der Waals surface area contributed by atoms with Gasteiger partial charge in [0.1, 0.15) is 0 Å². The van der Waals surface area contributed by atoms with Crippen molar-refractivity contribution in [3.05, 3.63) is 53.1 Å². The molecule has 0 bridgehead atoms. The maximum Gasteiger partial charge on any atom is 0.238 e. The summed E-state index contributed by atoms with van der Waals surface area (Å²) < 4.78 is 10.9. The number of hydrogen-bond acceptors (Lipinski definition) is 4. The highest BCUT2D eigenvalue weighted by Gasteiger charge is 2.10. The molecule has 1 N–H and O–H groups in total. The lowest BCUT2D eigenvalue weighted by molar-refractivity contribution is -0.117. The lowest BCUT2D eigenvalue weighted by Gasteiger charge is -2.18. The summed E-state index contributed by atoms with van der Waals surface area (Å²) in [5.74, 6) is 1.31. The number of likely N-dealkylation sites (N-methyl/N-ethyl adjacent to an activating group) is 1. The lowest BCUT2D eigenvalue weighted by atomic mass is 10.2. The maximum absolute atomic E-state index is 12.1. The number of hydrogen-bond donors (Lipinski definition) is 1. The number of nitrogens with zero attached hydrogens (tertiary/aromatic N) is 1. The summed E-state index contributed by atoms with van der Waals surface area (Å²) in [7, 11) is 3.50. The fourth-order valence-corrected chi connectivity index (χ4v) is 2.65. The summed E-state index contributed by atoms with van der Waals surface area (Å²) in [6.45, 7) is 3.40. The average molecular weight is 363 g/mol. The largest absolute Gasteiger partial charge is 0.493 e. The normalized spacial score (nSPS) is 10.6. The van der Waals surface area contributed by atoms with Gasteiger partial charge in [0.2, 0.25) is 5.91 Å². The van der Waals surface area contributed by atoms with E-state index in [1.807, 2.05) is 37.1 Å². The van der Waals surface area contributed by atoms with E-state index < -0.39 is 0 Å². The third kappa shape index (κ3) is 5.96. The first-order valence-corrected chi connectivity index (χ1v) is 8.43. The minimum absolute atomic E-state index is 0.0948. The molecule has 6 heteroatoms. The van der Waals surface area contributed by atoms with Crippen molar-refractivity contribution in [2.24, 2.45) is 0 Å². The number of anilines is 1. The molecule has 5 nitrogen and oxygen atoms in total. The Morgan fingerprint density at radius 3 is 2.68 bits per heavy atom. The molecule has 0 saturated carbocycles. The van der Waals surface area contributed by atoms with Gasteiger partial charge in [-0.25, -0.2) is 0 Å². The van der Waals surface area contributed by atoms with Crippen LogP contribution in [0.25, 0.3) is 0 Å². The first-order chi connectivity index (χ1) is 12.0. The number of halogens is 1. The molecule has 0 radical (unpaired) electrons. The van der Waals surface area contributed by atoms with Gasteiger partial charge in [-0.15, -0.1) is 0 Å². The summed E-state index contributed by atoms with van der Waals surface area (Å²) in [6.07, 6.45) is 0. The van der Waals surface area contributed by atoms with Gasteiger partial charge in [0.25, 0.3) is 0 Å². The molecule has 2 aromatic carbocycles. The van der Waals surface area contributed by atoms with E-state index in [0.29, 0.717) is 29.6 Å². The van der Waals surface area contributed by atoms with E-state index in [1.54, 1.807) is 31.4 Å². The Morgan fingerprint density at radius 2 is 2.00 bits per heavy atom. The zero-order valence-corrected chi connectivity index (χ0v) is 15.5. The van der Waals surface area contributed by atoms with E-state index in [0.717, 1.165) is 11.3 Å². The van der Waals surface area contributed by atoms with Gasteiger partial charge in [0, 0.05) is 17.3 Å². The summed E-state index contributed by atoms with van der Waals surface area (Å²) in [5.41, 5.74) is 1.73. The molecule has 0 aliphatic carbocycles. The Hall–Kier alpha value is -2.24. The Balaban J connectivity index is 1.93. The lowest BCUT2D eigenvalue weighted by Crippen LogP contribution is -2.29. The molecule has 0 saturated heterocycles. The van der Waals surface area contributed by atoms with E-state index in [-0.39, 0.29) is 12.5 Å². The third-order valence-corrected chi connectivity index (χ3v) is 3.74. The maximum atomic E-state index is 12.1. The highest BCUT2D eigenvalue weighted by Crippen LogP contribution is 2.28. The SMILES string of the molecule is CCOc1ccc(CN(C)CC(=O)Nc2cccc(Cl)c2)cc1OC. The monoisotopic (exact) mass is 362 g/mol. The average Bonchev–Trinajstić information content (AvgIpc) is 2.56. The number of methoxy groups -OCH3 is 1. The number of nitrogens with one attached hydrogen (secondary N) is 1. The molecule has 2 aromatic rings. The first-order valence-electron chi connectivity index (χ1n) is 8.05. The van der Waals surface area contributed by atoms with Crippen LogP contribution in [-0.2, 0) is 11.3 Å². The Labute approximate surface area is 153 Å². The molecular formula is C19H23ClN2O3. The van der Waals surface area contributed by atoms with Crippen molar-refractivity contribution in [3.8, 4) is 11.5 Å². The summed E-state index contributed by atoms with van der Waals surface area (Å²) in [6, 6.07) is 12.9. The van der Waals surface area contributed by atoms with Gasteiger partial charge >= 0.3 is 0 Å². The van der Waals surface area contributed by atoms with Gasteiger partial charge in [0.05, 0.1) is 20.3 Å². The molecule has 25 heavy (non-hydrogen) atoms. The van der Waals surface area contributed by atoms with E-state index in [1.165, 1.54) is 0 Å². The van der Waals surface area contributed by atoms with Gasteiger partial charge in [-0.2, -0.15) is 0 Å². The van der Waals surface area contributed by atoms with Gasteiger partial charge < -0.3 is 14.8 Å². The van der Waals surface area contributed by atoms with Crippen molar-refractivity contribution in [2.75, 3.05) is 32.6 Å². The van der Waals surface area contributed by atoms with Crippen LogP contribution in [0.5, 0.6) is 11.5 Å². The fraction of sp³-hybridized carbons (Fsp3) is 0.316. The van der Waals surface area contributed by atoms with Crippen molar-refractivity contribution in [3.63, 3.8) is 0 Å². The zero-order chi connectivity index (χ0) is 18.2. The van der Waals surface area contributed by atoms with E-state index in [2.05, 4.69) is 5.32 Å². The number of carbonyl (C=O) groups excluding carboxylic acids is 1. The molecule has 0 aliphatic heterocycles. The van der Waals surface area contributed by atoms with Crippen LogP contribution in [0.1, 0.15) is 12.5 Å². The molecule has 134 valence electrons. The van der Waals surface area contributed by atoms with Crippen molar-refractivity contribution >= 4 is 23.2 Å². The van der Waals surface area contributed by atoms with Crippen molar-refractivity contribution < 1.29 is 14.3 Å². The predicted octanol–water partition coefficient (Wildman–Crippen LogP) is 3.82. The molecule has 2 rings (SSSR count). The van der Waals surface area contributed by atoms with Crippen LogP contribution in [0, 0.1) is 0 Å². The quantitative estimate of drug-likeness (QED) is 0.775. The Morgan fingerprint density at radius 1 is 1.20 bits per heavy atom. The minimum Gasteiger partial charge on any atom is -0.493 e. The summed E-state index contributed by atoms with van der Waals surface area (Å²) in [5, 5.41) is 3.43. The molecule has 0 aromatic heterocycles. The second kappa shape index (κ2) is 9.30. The highest BCUT2D eigenvalue weighted by atomic mass is 35.5. The van der Waals surface area contributed by atoms with Crippen LogP contribution in [0.4, 0.5) is 5.69 Å². The number of rotatable bonds is 8. The number of amides is 1. The first kappa shape index (κ1) is 19.1. The smallest absolute Gasteiger partial charge is 0.238 e. The van der Waals surface area contributed by atoms with Gasteiger partial charge in [0.15, 0.2) is 11.5 Å². The van der Waals surface area contributed by atoms with Crippen LogP contribution in [0.15, 0.2) is 42.5 Å². The van der Waals surface area contributed by atoms with Crippen LogP contribution in [-0.4, -0.2) is 38.1 Å². The second-order valence-corrected chi connectivity index (χ2v) is 6.09. The molecule has 1 amide bonds. The van der Waals surface area contributed by atoms with Crippen molar-refractivity contribution in [1.29, 1.82) is 0 Å². The van der Waals surface area contributed by atoms with Crippen molar-refractivity contribution in [2.45, 2.75) is 13.5 Å². The molecule has 0 fully saturated rings. The summed E-state index contributed by atoms with van der Waals surface area (Å²) in [4.78, 5) is 14.1. The van der Waals surface area contributed by atoms with E-state index >= 15 is 0 Å². The molecule has 0 atom stereocenters. The van der Waals surface area contributed by atoms with Gasteiger partial charge in [-0.3, -0.25) is 9.69 Å².